The number of hydrogen-bond donors (Lipinski definition) is 0. The van der Waals surface area contributed by atoms with Gasteiger partial charge in [-0.3, -0.25) is 4.57 Å². The third kappa shape index (κ3) is 3.08. The summed E-state index contributed by atoms with van der Waals surface area (Å²) in [7, 11) is 0. The monoisotopic (exact) mass is 462 g/mol. The fraction of sp³-hybridized carbons (Fsp3) is 0.0882. The number of rotatable bonds is 3. The second-order valence-electron chi connectivity index (χ2n) is 10.1. The molecule has 0 saturated heterocycles. The molecule has 6 aromatic rings. The molecule has 5 aromatic carbocycles. The highest BCUT2D eigenvalue weighted by atomic mass is 15.1. The highest BCUT2D eigenvalue weighted by Crippen LogP contribution is 2.49. The van der Waals surface area contributed by atoms with Crippen LogP contribution in [0.3, 0.4) is 0 Å². The van der Waals surface area contributed by atoms with Gasteiger partial charge in [0.25, 0.3) is 0 Å². The smallest absolute Gasteiger partial charge is 0.145 e. The van der Waals surface area contributed by atoms with Gasteiger partial charge in [-0.15, -0.1) is 0 Å². The van der Waals surface area contributed by atoms with E-state index in [-0.39, 0.29) is 5.41 Å². The van der Waals surface area contributed by atoms with Crippen molar-refractivity contribution in [3.8, 4) is 39.3 Å². The summed E-state index contributed by atoms with van der Waals surface area (Å²) in [4.78, 5) is 5.12. The molecule has 0 bridgehead atoms. The number of para-hydroxylation sites is 2. The summed E-state index contributed by atoms with van der Waals surface area (Å²) in [6.45, 7) is 4.64. The average molecular weight is 463 g/mol. The molecule has 0 radical (unpaired) electrons. The van der Waals surface area contributed by atoms with Crippen LogP contribution in [0.2, 0.25) is 0 Å². The van der Waals surface area contributed by atoms with E-state index < -0.39 is 0 Å². The molecule has 0 N–H and O–H groups in total. The second-order valence-corrected chi connectivity index (χ2v) is 10.1. The van der Waals surface area contributed by atoms with Gasteiger partial charge in [-0.25, -0.2) is 4.98 Å². The maximum absolute atomic E-state index is 5.12. The summed E-state index contributed by atoms with van der Waals surface area (Å²) in [6.07, 6.45) is 0. The van der Waals surface area contributed by atoms with Crippen LogP contribution in [0.4, 0.5) is 0 Å². The molecule has 2 heteroatoms. The van der Waals surface area contributed by atoms with Gasteiger partial charge in [0, 0.05) is 16.7 Å². The first-order valence-corrected chi connectivity index (χ1v) is 12.5. The Morgan fingerprint density at radius 2 is 1.19 bits per heavy atom. The van der Waals surface area contributed by atoms with Crippen molar-refractivity contribution < 1.29 is 0 Å². The van der Waals surface area contributed by atoms with Crippen molar-refractivity contribution in [2.24, 2.45) is 0 Å². The van der Waals surface area contributed by atoms with Crippen LogP contribution in [-0.4, -0.2) is 9.55 Å². The van der Waals surface area contributed by atoms with Crippen LogP contribution in [0, 0.1) is 0 Å². The normalized spacial score (nSPS) is 13.5. The van der Waals surface area contributed by atoms with Gasteiger partial charge in [-0.2, -0.15) is 0 Å². The number of imidazole rings is 1. The quantitative estimate of drug-likeness (QED) is 0.257. The molecule has 0 aliphatic heterocycles. The largest absolute Gasteiger partial charge is 0.292 e. The van der Waals surface area contributed by atoms with Gasteiger partial charge in [0.1, 0.15) is 5.82 Å². The van der Waals surface area contributed by atoms with Gasteiger partial charge in [0.2, 0.25) is 0 Å². The molecule has 1 heterocycles. The van der Waals surface area contributed by atoms with Crippen LogP contribution in [-0.2, 0) is 5.41 Å². The van der Waals surface area contributed by atoms with Crippen molar-refractivity contribution in [3.63, 3.8) is 0 Å². The number of nitrogens with zero attached hydrogens (tertiary/aromatic N) is 2. The Morgan fingerprint density at radius 3 is 2.03 bits per heavy atom. The first kappa shape index (κ1) is 20.9. The minimum absolute atomic E-state index is 0.00212. The first-order chi connectivity index (χ1) is 17.6. The third-order valence-electron chi connectivity index (χ3n) is 7.64. The first-order valence-electron chi connectivity index (χ1n) is 12.5. The fourth-order valence-electron chi connectivity index (χ4n) is 5.77. The zero-order valence-electron chi connectivity index (χ0n) is 20.4. The lowest BCUT2D eigenvalue weighted by Crippen LogP contribution is -2.14. The Morgan fingerprint density at radius 1 is 0.556 bits per heavy atom. The highest BCUT2D eigenvalue weighted by molar-refractivity contribution is 5.87. The standard InChI is InChI=1S/C34H26N2/c1-34(2)29-13-7-6-12-27(29)28-22-25(18-21-30(28)34)33-35-31-14-8-9-15-32(31)36(33)26-19-16-24(17-20-26)23-10-4-3-5-11-23/h3-22H,1-2H3. The zero-order valence-corrected chi connectivity index (χ0v) is 20.4. The van der Waals surface area contributed by atoms with E-state index in [1.165, 1.54) is 33.4 Å². The molecule has 0 amide bonds. The van der Waals surface area contributed by atoms with Gasteiger partial charge in [-0.05, 0) is 63.7 Å². The van der Waals surface area contributed by atoms with E-state index in [9.17, 15) is 0 Å². The molecule has 7 rings (SSSR count). The molecule has 0 spiro atoms. The molecule has 0 atom stereocenters. The van der Waals surface area contributed by atoms with E-state index >= 15 is 0 Å². The Balaban J connectivity index is 1.41. The van der Waals surface area contributed by atoms with Crippen LogP contribution in [0.25, 0.3) is 50.4 Å². The van der Waals surface area contributed by atoms with Gasteiger partial charge < -0.3 is 0 Å². The molecule has 36 heavy (non-hydrogen) atoms. The molecular formula is C34H26N2. The molecule has 0 saturated carbocycles. The summed E-state index contributed by atoms with van der Waals surface area (Å²) in [5, 5.41) is 0. The zero-order chi connectivity index (χ0) is 24.3. The summed E-state index contributed by atoms with van der Waals surface area (Å²) in [5.74, 6) is 0.966. The minimum atomic E-state index is -0.00212. The predicted octanol–water partition coefficient (Wildman–Crippen LogP) is 8.67. The molecule has 1 aromatic heterocycles. The summed E-state index contributed by atoms with van der Waals surface area (Å²) in [5.41, 5.74) is 12.2. The molecule has 1 aliphatic carbocycles. The van der Waals surface area contributed by atoms with Crippen LogP contribution >= 0.6 is 0 Å². The molecule has 1 aliphatic rings. The lowest BCUT2D eigenvalue weighted by Gasteiger charge is -2.21. The van der Waals surface area contributed by atoms with Crippen molar-refractivity contribution in [3.05, 3.63) is 132 Å². The van der Waals surface area contributed by atoms with Crippen molar-refractivity contribution in [1.29, 1.82) is 0 Å². The van der Waals surface area contributed by atoms with Crippen LogP contribution in [0.15, 0.2) is 121 Å². The van der Waals surface area contributed by atoms with E-state index in [0.717, 1.165) is 28.1 Å². The SMILES string of the molecule is CC1(C)c2ccccc2-c2cc(-c3nc4ccccc4n3-c3ccc(-c4ccccc4)cc3)ccc21. The number of hydrogen-bond acceptors (Lipinski definition) is 1. The van der Waals surface area contributed by atoms with Crippen molar-refractivity contribution >= 4 is 11.0 Å². The summed E-state index contributed by atoms with van der Waals surface area (Å²) < 4.78 is 2.29. The van der Waals surface area contributed by atoms with Gasteiger partial charge in [0.15, 0.2) is 0 Å². The Labute approximate surface area is 211 Å². The Hall–Kier alpha value is -4.43. The minimum Gasteiger partial charge on any atom is -0.292 e. The molecule has 172 valence electrons. The van der Waals surface area contributed by atoms with Crippen molar-refractivity contribution in [1.82, 2.24) is 9.55 Å². The van der Waals surface area contributed by atoms with Gasteiger partial charge in [-0.1, -0.05) is 105 Å². The third-order valence-corrected chi connectivity index (χ3v) is 7.64. The second kappa shape index (κ2) is 7.79. The molecule has 0 unspecified atom stereocenters. The Bertz CT molecular complexity index is 1740. The van der Waals surface area contributed by atoms with E-state index in [4.69, 9.17) is 4.98 Å². The van der Waals surface area contributed by atoms with Crippen molar-refractivity contribution in [2.45, 2.75) is 19.3 Å². The lowest BCUT2D eigenvalue weighted by molar-refractivity contribution is 0.660. The molecule has 2 nitrogen and oxygen atoms in total. The summed E-state index contributed by atoms with van der Waals surface area (Å²) >= 11 is 0. The van der Waals surface area contributed by atoms with Crippen LogP contribution < -0.4 is 0 Å². The lowest BCUT2D eigenvalue weighted by atomic mass is 9.82. The number of fused-ring (bicyclic) bond motifs is 4. The van der Waals surface area contributed by atoms with Crippen molar-refractivity contribution in [2.75, 3.05) is 0 Å². The summed E-state index contributed by atoms with van der Waals surface area (Å²) in [6, 6.07) is 43.4. The number of benzene rings is 5. The average Bonchev–Trinajstić information content (AvgIpc) is 3.43. The number of aromatic nitrogens is 2. The van der Waals surface area contributed by atoms with Crippen LogP contribution in [0.1, 0.15) is 25.0 Å². The van der Waals surface area contributed by atoms with Gasteiger partial charge in [0.05, 0.1) is 11.0 Å². The molecule has 0 fully saturated rings. The maximum Gasteiger partial charge on any atom is 0.145 e. The van der Waals surface area contributed by atoms with E-state index in [1.807, 2.05) is 0 Å². The van der Waals surface area contributed by atoms with E-state index in [2.05, 4.69) is 140 Å². The van der Waals surface area contributed by atoms with E-state index in [0.29, 0.717) is 0 Å². The fourth-order valence-corrected chi connectivity index (χ4v) is 5.77. The van der Waals surface area contributed by atoms with Gasteiger partial charge >= 0.3 is 0 Å². The highest BCUT2D eigenvalue weighted by Gasteiger charge is 2.35. The topological polar surface area (TPSA) is 17.8 Å². The van der Waals surface area contributed by atoms with E-state index in [1.54, 1.807) is 0 Å². The predicted molar refractivity (Wildman–Crippen MR) is 150 cm³/mol. The van der Waals surface area contributed by atoms with Crippen LogP contribution in [0.5, 0.6) is 0 Å². The maximum atomic E-state index is 5.12. The Kier molecular flexibility index (Phi) is 4.52. The molecular weight excluding hydrogens is 436 g/mol.